The van der Waals surface area contributed by atoms with Gasteiger partial charge in [-0.2, -0.15) is 0 Å². The van der Waals surface area contributed by atoms with Crippen LogP contribution in [0.15, 0.2) is 24.3 Å². The van der Waals surface area contributed by atoms with Gasteiger partial charge in [-0.1, -0.05) is 12.2 Å². The zero-order valence-corrected chi connectivity index (χ0v) is 10.4. The summed E-state index contributed by atoms with van der Waals surface area (Å²) in [5.74, 6) is -1.33. The average molecular weight is 248 g/mol. The summed E-state index contributed by atoms with van der Waals surface area (Å²) < 4.78 is 0. The zero-order valence-electron chi connectivity index (χ0n) is 10.4. The quantitative estimate of drug-likeness (QED) is 0.615. The molecule has 96 valence electrons. The molecule has 1 amide bonds. The Bertz CT molecular complexity index is 481. The fraction of sp³-hybridized carbons (Fsp3) is 0.308. The molecule has 1 aromatic rings. The number of nitrogens with one attached hydrogen (secondary N) is 1. The highest BCUT2D eigenvalue weighted by molar-refractivity contribution is 5.94. The monoisotopic (exact) mass is 248 g/mol. The number of carbonyl (C=O) groups is 2. The summed E-state index contributed by atoms with van der Waals surface area (Å²) in [6.07, 6.45) is 4.62. The Kier molecular flexibility index (Phi) is 5.05. The van der Waals surface area contributed by atoms with Crippen molar-refractivity contribution in [3.05, 3.63) is 41.2 Å². The van der Waals surface area contributed by atoms with Gasteiger partial charge in [0.15, 0.2) is 0 Å². The number of pyridine rings is 1. The predicted octanol–water partition coefficient (Wildman–Crippen LogP) is 1.78. The average Bonchev–Trinajstić information content (AvgIpc) is 2.33. The molecule has 0 aromatic carbocycles. The standard InChI is InChI=1S/C13H16N2O3/c1-3-4-5-8-14-12(16)11-7-6-10(13(17)18)9(2)15-11/h3-4,6-7H,5,8H2,1-2H3,(H,14,16)(H,17,18)/b4-3+. The first kappa shape index (κ1) is 13.9. The van der Waals surface area contributed by atoms with E-state index in [0.29, 0.717) is 12.2 Å². The second kappa shape index (κ2) is 6.54. The summed E-state index contributed by atoms with van der Waals surface area (Å²) in [7, 11) is 0. The molecule has 5 heteroatoms. The molecular weight excluding hydrogens is 232 g/mol. The molecule has 18 heavy (non-hydrogen) atoms. The second-order valence-corrected chi connectivity index (χ2v) is 3.75. The SMILES string of the molecule is C/C=C/CCNC(=O)c1ccc(C(=O)O)c(C)n1. The molecule has 0 saturated heterocycles. The van der Waals surface area contributed by atoms with Gasteiger partial charge in [0, 0.05) is 6.54 Å². The van der Waals surface area contributed by atoms with Gasteiger partial charge in [-0.25, -0.2) is 9.78 Å². The summed E-state index contributed by atoms with van der Waals surface area (Å²) in [5, 5.41) is 11.6. The van der Waals surface area contributed by atoms with Gasteiger partial charge in [0.1, 0.15) is 5.69 Å². The number of carbonyl (C=O) groups excluding carboxylic acids is 1. The maximum Gasteiger partial charge on any atom is 0.337 e. The molecule has 0 aliphatic carbocycles. The fourth-order valence-corrected chi connectivity index (χ4v) is 1.44. The number of amides is 1. The number of carboxylic acids is 1. The summed E-state index contributed by atoms with van der Waals surface area (Å²) in [5.41, 5.74) is 0.682. The van der Waals surface area contributed by atoms with Crippen LogP contribution in [0.4, 0.5) is 0 Å². The lowest BCUT2D eigenvalue weighted by atomic mass is 10.2. The number of aromatic carboxylic acids is 1. The minimum Gasteiger partial charge on any atom is -0.478 e. The first-order valence-corrected chi connectivity index (χ1v) is 5.66. The van der Waals surface area contributed by atoms with Crippen molar-refractivity contribution in [2.45, 2.75) is 20.3 Å². The van der Waals surface area contributed by atoms with E-state index in [1.165, 1.54) is 12.1 Å². The van der Waals surface area contributed by atoms with Gasteiger partial charge in [0.05, 0.1) is 11.3 Å². The number of aromatic nitrogens is 1. The minimum absolute atomic E-state index is 0.112. The van der Waals surface area contributed by atoms with E-state index >= 15 is 0 Å². The van der Waals surface area contributed by atoms with Crippen LogP contribution in [0.25, 0.3) is 0 Å². The van der Waals surface area contributed by atoms with Crippen LogP contribution in [0.3, 0.4) is 0 Å². The van der Waals surface area contributed by atoms with Crippen molar-refractivity contribution in [1.29, 1.82) is 0 Å². The Morgan fingerprint density at radius 3 is 2.72 bits per heavy atom. The van der Waals surface area contributed by atoms with Crippen LogP contribution in [-0.4, -0.2) is 28.5 Å². The zero-order chi connectivity index (χ0) is 13.5. The molecule has 0 aliphatic rings. The van der Waals surface area contributed by atoms with Gasteiger partial charge in [-0.05, 0) is 32.4 Å². The number of hydrogen-bond acceptors (Lipinski definition) is 3. The first-order valence-electron chi connectivity index (χ1n) is 5.66. The molecule has 0 bridgehead atoms. The van der Waals surface area contributed by atoms with Crippen LogP contribution in [0, 0.1) is 6.92 Å². The minimum atomic E-state index is -1.04. The highest BCUT2D eigenvalue weighted by Gasteiger charge is 2.12. The molecule has 1 heterocycles. The molecule has 0 spiro atoms. The summed E-state index contributed by atoms with van der Waals surface area (Å²) in [6, 6.07) is 2.81. The van der Waals surface area contributed by atoms with E-state index in [4.69, 9.17) is 5.11 Å². The highest BCUT2D eigenvalue weighted by atomic mass is 16.4. The van der Waals surface area contributed by atoms with Gasteiger partial charge < -0.3 is 10.4 Å². The van der Waals surface area contributed by atoms with E-state index in [1.807, 2.05) is 19.1 Å². The van der Waals surface area contributed by atoms with E-state index in [0.717, 1.165) is 6.42 Å². The molecule has 0 fully saturated rings. The fourth-order valence-electron chi connectivity index (χ4n) is 1.44. The van der Waals surface area contributed by atoms with Crippen molar-refractivity contribution in [3.8, 4) is 0 Å². The van der Waals surface area contributed by atoms with E-state index in [2.05, 4.69) is 10.3 Å². The van der Waals surface area contributed by atoms with Crippen molar-refractivity contribution >= 4 is 11.9 Å². The topological polar surface area (TPSA) is 79.3 Å². The Hall–Kier alpha value is -2.17. The van der Waals surface area contributed by atoms with Crippen molar-refractivity contribution in [1.82, 2.24) is 10.3 Å². The lowest BCUT2D eigenvalue weighted by Gasteiger charge is -2.05. The normalized spacial score (nSPS) is 10.6. The number of allylic oxidation sites excluding steroid dienone is 1. The van der Waals surface area contributed by atoms with Crippen molar-refractivity contribution in [3.63, 3.8) is 0 Å². The number of carboxylic acid groups (broad SMARTS) is 1. The van der Waals surface area contributed by atoms with Crippen molar-refractivity contribution in [2.24, 2.45) is 0 Å². The predicted molar refractivity (Wildman–Crippen MR) is 67.7 cm³/mol. The Morgan fingerprint density at radius 2 is 2.17 bits per heavy atom. The summed E-state index contributed by atoms with van der Waals surface area (Å²) in [4.78, 5) is 26.5. The molecule has 0 unspecified atom stereocenters. The molecular formula is C13H16N2O3. The molecule has 5 nitrogen and oxygen atoms in total. The number of rotatable bonds is 5. The van der Waals surface area contributed by atoms with Gasteiger partial charge in [0.2, 0.25) is 0 Å². The van der Waals surface area contributed by atoms with Gasteiger partial charge in [0.25, 0.3) is 5.91 Å². The molecule has 1 aromatic heterocycles. The van der Waals surface area contributed by atoms with Crippen molar-refractivity contribution < 1.29 is 14.7 Å². The van der Waals surface area contributed by atoms with Crippen LogP contribution < -0.4 is 5.32 Å². The molecule has 0 atom stereocenters. The summed E-state index contributed by atoms with van der Waals surface area (Å²) >= 11 is 0. The van der Waals surface area contributed by atoms with Crippen LogP contribution in [0.5, 0.6) is 0 Å². The van der Waals surface area contributed by atoms with Gasteiger partial charge >= 0.3 is 5.97 Å². The highest BCUT2D eigenvalue weighted by Crippen LogP contribution is 2.06. The summed E-state index contributed by atoms with van der Waals surface area (Å²) in [6.45, 7) is 4.02. The van der Waals surface area contributed by atoms with E-state index < -0.39 is 5.97 Å². The van der Waals surface area contributed by atoms with Crippen LogP contribution >= 0.6 is 0 Å². The third-order valence-electron chi connectivity index (χ3n) is 2.38. The third-order valence-corrected chi connectivity index (χ3v) is 2.38. The Labute approximate surface area is 106 Å². The van der Waals surface area contributed by atoms with E-state index in [-0.39, 0.29) is 17.2 Å². The van der Waals surface area contributed by atoms with E-state index in [1.54, 1.807) is 6.92 Å². The first-order chi connectivity index (χ1) is 8.56. The lowest BCUT2D eigenvalue weighted by molar-refractivity contribution is 0.0694. The third kappa shape index (κ3) is 3.69. The molecule has 1 rings (SSSR count). The molecule has 2 N–H and O–H groups in total. The Morgan fingerprint density at radius 1 is 1.44 bits per heavy atom. The van der Waals surface area contributed by atoms with Gasteiger partial charge in [-0.15, -0.1) is 0 Å². The van der Waals surface area contributed by atoms with Crippen LogP contribution in [0.1, 0.15) is 39.9 Å². The molecule has 0 saturated carbocycles. The smallest absolute Gasteiger partial charge is 0.337 e. The molecule has 0 aliphatic heterocycles. The molecule has 0 radical (unpaired) electrons. The van der Waals surface area contributed by atoms with Crippen LogP contribution in [-0.2, 0) is 0 Å². The largest absolute Gasteiger partial charge is 0.478 e. The van der Waals surface area contributed by atoms with E-state index in [9.17, 15) is 9.59 Å². The lowest BCUT2D eigenvalue weighted by Crippen LogP contribution is -2.25. The van der Waals surface area contributed by atoms with Crippen LogP contribution in [0.2, 0.25) is 0 Å². The second-order valence-electron chi connectivity index (χ2n) is 3.75. The van der Waals surface area contributed by atoms with Crippen molar-refractivity contribution in [2.75, 3.05) is 6.54 Å². The number of aryl methyl sites for hydroxylation is 1. The van der Waals surface area contributed by atoms with Gasteiger partial charge in [-0.3, -0.25) is 4.79 Å². The maximum atomic E-state index is 11.7. The Balaban J connectivity index is 2.69. The maximum absolute atomic E-state index is 11.7. The number of hydrogen-bond donors (Lipinski definition) is 2. The number of nitrogens with zero attached hydrogens (tertiary/aromatic N) is 1.